The van der Waals surface area contributed by atoms with Crippen molar-refractivity contribution < 1.29 is 0 Å². The molecule has 0 aliphatic rings. The van der Waals surface area contributed by atoms with E-state index in [1.165, 1.54) is 16.3 Å². The van der Waals surface area contributed by atoms with E-state index in [-0.39, 0.29) is 0 Å². The third kappa shape index (κ3) is 3.44. The predicted octanol–water partition coefficient (Wildman–Crippen LogP) is 10.3. The molecule has 0 N–H and O–H groups in total. The summed E-state index contributed by atoms with van der Waals surface area (Å²) in [6.07, 6.45) is 0. The van der Waals surface area contributed by atoms with Crippen LogP contribution in [-0.2, 0) is 0 Å². The third-order valence-electron chi connectivity index (χ3n) is 8.76. The summed E-state index contributed by atoms with van der Waals surface area (Å²) in [7, 11) is 0. The molecule has 0 aliphatic heterocycles. The van der Waals surface area contributed by atoms with Gasteiger partial charge in [0.2, 0.25) is 0 Å². The van der Waals surface area contributed by atoms with Crippen LogP contribution in [0.4, 0.5) is 0 Å². The standard InChI is InChI=1S/C40H23N3/c41-24-25-14-20-36-34(22-25)35-23-29(26-8-2-1-3-9-26)17-21-37(35)43(36)40-32-18-15-27-10-4-6-12-30(27)38(32)42-39-31-13-7-5-11-28(31)16-19-33(39)40/h1-23H. The summed E-state index contributed by atoms with van der Waals surface area (Å²) in [4.78, 5) is 5.39. The number of hydrogen-bond donors (Lipinski definition) is 0. The van der Waals surface area contributed by atoms with Gasteiger partial charge in [-0.15, -0.1) is 0 Å². The molecule has 9 rings (SSSR count). The highest BCUT2D eigenvalue weighted by molar-refractivity contribution is 6.21. The Morgan fingerprint density at radius 1 is 0.465 bits per heavy atom. The van der Waals surface area contributed by atoms with E-state index in [2.05, 4.69) is 132 Å². The minimum atomic E-state index is 0.651. The zero-order valence-electron chi connectivity index (χ0n) is 23.1. The quantitative estimate of drug-likeness (QED) is 0.160. The second kappa shape index (κ2) is 9.01. The molecule has 0 saturated carbocycles. The molecule has 3 heteroatoms. The fourth-order valence-corrected chi connectivity index (χ4v) is 6.78. The molecule has 0 fully saturated rings. The van der Waals surface area contributed by atoms with Crippen molar-refractivity contribution in [1.82, 2.24) is 9.55 Å². The first-order chi connectivity index (χ1) is 21.3. The minimum Gasteiger partial charge on any atom is -0.308 e. The lowest BCUT2D eigenvalue weighted by Gasteiger charge is -2.17. The highest BCUT2D eigenvalue weighted by Gasteiger charge is 2.20. The van der Waals surface area contributed by atoms with Gasteiger partial charge in [0.1, 0.15) is 0 Å². The fourth-order valence-electron chi connectivity index (χ4n) is 6.78. The van der Waals surface area contributed by atoms with E-state index in [1.807, 2.05) is 18.2 Å². The summed E-state index contributed by atoms with van der Waals surface area (Å²) < 4.78 is 2.39. The van der Waals surface area contributed by atoms with Gasteiger partial charge in [0.15, 0.2) is 0 Å². The van der Waals surface area contributed by atoms with Gasteiger partial charge in [0.05, 0.1) is 39.4 Å². The molecule has 43 heavy (non-hydrogen) atoms. The number of nitrogens with zero attached hydrogens (tertiary/aromatic N) is 3. The Bertz CT molecular complexity index is 2530. The average molecular weight is 546 g/mol. The predicted molar refractivity (Wildman–Crippen MR) is 179 cm³/mol. The van der Waals surface area contributed by atoms with Crippen molar-refractivity contribution in [2.75, 3.05) is 0 Å². The Labute approximate surface area is 247 Å². The lowest BCUT2D eigenvalue weighted by molar-refractivity contribution is 1.21. The number of fused-ring (bicyclic) bond motifs is 9. The molecular formula is C40H23N3. The van der Waals surface area contributed by atoms with Crippen molar-refractivity contribution in [2.45, 2.75) is 0 Å². The number of hydrogen-bond acceptors (Lipinski definition) is 2. The van der Waals surface area contributed by atoms with Crippen LogP contribution in [0, 0.1) is 11.3 Å². The number of aromatic nitrogens is 2. The van der Waals surface area contributed by atoms with Gasteiger partial charge < -0.3 is 4.57 Å². The van der Waals surface area contributed by atoms with Crippen molar-refractivity contribution in [3.05, 3.63) is 145 Å². The lowest BCUT2D eigenvalue weighted by atomic mass is 9.99. The molecule has 0 unspecified atom stereocenters. The summed E-state index contributed by atoms with van der Waals surface area (Å²) in [6, 6.07) is 51.4. The van der Waals surface area contributed by atoms with E-state index in [4.69, 9.17) is 4.98 Å². The van der Waals surface area contributed by atoms with Gasteiger partial charge in [0, 0.05) is 32.3 Å². The van der Waals surface area contributed by atoms with Crippen molar-refractivity contribution in [1.29, 1.82) is 5.26 Å². The van der Waals surface area contributed by atoms with Gasteiger partial charge in [-0.1, -0.05) is 109 Å². The highest BCUT2D eigenvalue weighted by Crippen LogP contribution is 2.42. The van der Waals surface area contributed by atoms with E-state index >= 15 is 0 Å². The topological polar surface area (TPSA) is 41.6 Å². The molecule has 0 bridgehead atoms. The molecule has 2 heterocycles. The van der Waals surface area contributed by atoms with Gasteiger partial charge in [-0.2, -0.15) is 5.26 Å². The monoisotopic (exact) mass is 545 g/mol. The molecule has 0 atom stereocenters. The largest absolute Gasteiger partial charge is 0.308 e. The van der Waals surface area contributed by atoms with E-state index in [1.54, 1.807) is 0 Å². The molecular weight excluding hydrogens is 522 g/mol. The van der Waals surface area contributed by atoms with Gasteiger partial charge in [-0.25, -0.2) is 4.98 Å². The highest BCUT2D eigenvalue weighted by atomic mass is 15.0. The van der Waals surface area contributed by atoms with Crippen LogP contribution < -0.4 is 0 Å². The van der Waals surface area contributed by atoms with Crippen LogP contribution in [-0.4, -0.2) is 9.55 Å². The number of rotatable bonds is 2. The number of nitriles is 1. The summed E-state index contributed by atoms with van der Waals surface area (Å²) in [5.74, 6) is 0. The Kier molecular flexibility index (Phi) is 4.97. The van der Waals surface area contributed by atoms with Gasteiger partial charge in [0.25, 0.3) is 0 Å². The first kappa shape index (κ1) is 23.7. The van der Waals surface area contributed by atoms with Crippen LogP contribution in [0.5, 0.6) is 0 Å². The van der Waals surface area contributed by atoms with Crippen LogP contribution in [0.25, 0.3) is 82.0 Å². The average Bonchev–Trinajstić information content (AvgIpc) is 3.40. The Morgan fingerprint density at radius 2 is 1.05 bits per heavy atom. The first-order valence-corrected chi connectivity index (χ1v) is 14.5. The van der Waals surface area contributed by atoms with E-state index < -0.39 is 0 Å². The van der Waals surface area contributed by atoms with Crippen LogP contribution in [0.15, 0.2) is 140 Å². The molecule has 7 aromatic carbocycles. The molecule has 0 amide bonds. The summed E-state index contributed by atoms with van der Waals surface area (Å²) in [6.45, 7) is 0. The smallest absolute Gasteiger partial charge is 0.0991 e. The zero-order valence-corrected chi connectivity index (χ0v) is 23.1. The van der Waals surface area contributed by atoms with Crippen LogP contribution in [0.2, 0.25) is 0 Å². The molecule has 198 valence electrons. The Hall–Kier alpha value is -5.98. The fraction of sp³-hybridized carbons (Fsp3) is 0. The van der Waals surface area contributed by atoms with Crippen LogP contribution in [0.1, 0.15) is 5.56 Å². The Morgan fingerprint density at radius 3 is 1.70 bits per heavy atom. The van der Waals surface area contributed by atoms with Gasteiger partial charge in [-0.05, 0) is 52.2 Å². The molecule has 2 aromatic heterocycles. The minimum absolute atomic E-state index is 0.651. The van der Waals surface area contributed by atoms with Crippen LogP contribution >= 0.6 is 0 Å². The maximum atomic E-state index is 9.84. The van der Waals surface area contributed by atoms with Crippen molar-refractivity contribution in [3.63, 3.8) is 0 Å². The third-order valence-corrected chi connectivity index (χ3v) is 8.76. The number of pyridine rings is 1. The molecule has 0 radical (unpaired) electrons. The second-order valence-electron chi connectivity index (χ2n) is 11.1. The van der Waals surface area contributed by atoms with Crippen molar-refractivity contribution in [2.24, 2.45) is 0 Å². The van der Waals surface area contributed by atoms with Crippen molar-refractivity contribution in [3.8, 4) is 22.9 Å². The Balaban J connectivity index is 1.50. The molecule has 3 nitrogen and oxygen atoms in total. The summed E-state index contributed by atoms with van der Waals surface area (Å²) >= 11 is 0. The van der Waals surface area contributed by atoms with E-state index in [9.17, 15) is 5.26 Å². The SMILES string of the molecule is N#Cc1ccc2c(c1)c1cc(-c3ccccc3)ccc1n2-c1c2ccc3ccccc3c2nc2c1ccc1ccccc12. The molecule has 9 aromatic rings. The van der Waals surface area contributed by atoms with Crippen molar-refractivity contribution >= 4 is 65.2 Å². The summed E-state index contributed by atoms with van der Waals surface area (Å²) in [5.41, 5.74) is 8.21. The maximum Gasteiger partial charge on any atom is 0.0991 e. The van der Waals surface area contributed by atoms with E-state index in [0.717, 1.165) is 65.6 Å². The number of benzene rings is 7. The molecule has 0 saturated heterocycles. The van der Waals surface area contributed by atoms with E-state index in [0.29, 0.717) is 5.56 Å². The second-order valence-corrected chi connectivity index (χ2v) is 11.1. The van der Waals surface area contributed by atoms with Gasteiger partial charge in [-0.3, -0.25) is 0 Å². The van der Waals surface area contributed by atoms with Crippen LogP contribution in [0.3, 0.4) is 0 Å². The molecule has 0 aliphatic carbocycles. The molecule has 0 spiro atoms. The summed E-state index contributed by atoms with van der Waals surface area (Å²) in [5, 5.41) is 18.8. The normalized spacial score (nSPS) is 11.7. The zero-order chi connectivity index (χ0) is 28.5. The maximum absolute atomic E-state index is 9.84. The first-order valence-electron chi connectivity index (χ1n) is 14.5. The van der Waals surface area contributed by atoms with Gasteiger partial charge >= 0.3 is 0 Å². The lowest BCUT2D eigenvalue weighted by Crippen LogP contribution is -2.00.